The SMILES string of the molecule is CC1CCNC(C2CCCCC2=O)C1. The Hall–Kier alpha value is -0.370. The number of ketones is 1. The van der Waals surface area contributed by atoms with E-state index in [0.29, 0.717) is 17.7 Å². The summed E-state index contributed by atoms with van der Waals surface area (Å²) in [7, 11) is 0. The summed E-state index contributed by atoms with van der Waals surface area (Å²) in [5.41, 5.74) is 0. The highest BCUT2D eigenvalue weighted by Gasteiger charge is 2.32. The molecule has 0 aromatic carbocycles. The average Bonchev–Trinajstić information content (AvgIpc) is 2.18. The second kappa shape index (κ2) is 4.43. The average molecular weight is 195 g/mol. The first-order valence-electron chi connectivity index (χ1n) is 6.03. The molecule has 0 amide bonds. The van der Waals surface area contributed by atoms with Gasteiger partial charge in [0.05, 0.1) is 0 Å². The van der Waals surface area contributed by atoms with Crippen molar-refractivity contribution in [3.63, 3.8) is 0 Å². The van der Waals surface area contributed by atoms with Crippen LogP contribution in [-0.4, -0.2) is 18.4 Å². The van der Waals surface area contributed by atoms with E-state index < -0.39 is 0 Å². The zero-order valence-corrected chi connectivity index (χ0v) is 9.09. The number of hydrogen-bond donors (Lipinski definition) is 1. The largest absolute Gasteiger partial charge is 0.313 e. The van der Waals surface area contributed by atoms with Crippen molar-refractivity contribution in [2.45, 2.75) is 51.5 Å². The molecule has 1 aliphatic carbocycles. The van der Waals surface area contributed by atoms with Crippen LogP contribution in [0.2, 0.25) is 0 Å². The fourth-order valence-electron chi connectivity index (χ4n) is 2.89. The molecule has 0 spiro atoms. The first-order valence-corrected chi connectivity index (χ1v) is 6.03. The normalized spacial score (nSPS) is 39.8. The summed E-state index contributed by atoms with van der Waals surface area (Å²) in [6.07, 6.45) is 6.81. The summed E-state index contributed by atoms with van der Waals surface area (Å²) in [5.74, 6) is 1.66. The molecule has 3 atom stereocenters. The molecule has 14 heavy (non-hydrogen) atoms. The predicted molar refractivity (Wildman–Crippen MR) is 57.2 cm³/mol. The molecule has 2 fully saturated rings. The lowest BCUT2D eigenvalue weighted by molar-refractivity contribution is -0.125. The minimum atomic E-state index is 0.339. The van der Waals surface area contributed by atoms with Gasteiger partial charge < -0.3 is 5.32 Å². The monoisotopic (exact) mass is 195 g/mol. The number of hydrogen-bond acceptors (Lipinski definition) is 2. The first kappa shape index (κ1) is 10.2. The maximum Gasteiger partial charge on any atom is 0.137 e. The van der Waals surface area contributed by atoms with Crippen LogP contribution in [-0.2, 0) is 4.79 Å². The van der Waals surface area contributed by atoms with Crippen LogP contribution < -0.4 is 5.32 Å². The first-order chi connectivity index (χ1) is 6.77. The summed E-state index contributed by atoms with van der Waals surface area (Å²) in [5, 5.41) is 3.53. The van der Waals surface area contributed by atoms with Crippen LogP contribution in [0, 0.1) is 11.8 Å². The Morgan fingerprint density at radius 3 is 2.86 bits per heavy atom. The van der Waals surface area contributed by atoms with Crippen molar-refractivity contribution in [1.82, 2.24) is 5.32 Å². The van der Waals surface area contributed by atoms with Crippen LogP contribution >= 0.6 is 0 Å². The van der Waals surface area contributed by atoms with Crippen molar-refractivity contribution in [2.24, 2.45) is 11.8 Å². The molecule has 1 saturated carbocycles. The summed E-state index contributed by atoms with van der Waals surface area (Å²) in [4.78, 5) is 11.8. The number of rotatable bonds is 1. The Morgan fingerprint density at radius 1 is 1.29 bits per heavy atom. The molecule has 1 saturated heterocycles. The van der Waals surface area contributed by atoms with Gasteiger partial charge in [0, 0.05) is 18.4 Å². The quantitative estimate of drug-likeness (QED) is 0.694. The fourth-order valence-corrected chi connectivity index (χ4v) is 2.89. The second-order valence-electron chi connectivity index (χ2n) is 5.01. The highest BCUT2D eigenvalue weighted by Crippen LogP contribution is 2.29. The van der Waals surface area contributed by atoms with E-state index in [0.717, 1.165) is 31.7 Å². The van der Waals surface area contributed by atoms with Gasteiger partial charge in [-0.3, -0.25) is 4.79 Å². The van der Waals surface area contributed by atoms with Gasteiger partial charge >= 0.3 is 0 Å². The maximum atomic E-state index is 11.8. The minimum absolute atomic E-state index is 0.339. The zero-order chi connectivity index (χ0) is 9.97. The predicted octanol–water partition coefficient (Wildman–Crippen LogP) is 2.13. The van der Waals surface area contributed by atoms with Crippen molar-refractivity contribution >= 4 is 5.78 Å². The molecule has 1 heterocycles. The smallest absolute Gasteiger partial charge is 0.137 e. The van der Waals surface area contributed by atoms with Gasteiger partial charge in [0.15, 0.2) is 0 Å². The molecule has 0 aromatic rings. The fraction of sp³-hybridized carbons (Fsp3) is 0.917. The minimum Gasteiger partial charge on any atom is -0.313 e. The standard InChI is InChI=1S/C12H21NO/c1-9-6-7-13-11(8-9)10-4-2-3-5-12(10)14/h9-11,13H,2-8H2,1H3. The van der Waals surface area contributed by atoms with Gasteiger partial charge in [-0.1, -0.05) is 13.3 Å². The van der Waals surface area contributed by atoms with Crippen molar-refractivity contribution in [2.75, 3.05) is 6.54 Å². The van der Waals surface area contributed by atoms with E-state index in [1.807, 2.05) is 0 Å². The van der Waals surface area contributed by atoms with Crippen LogP contribution in [0.1, 0.15) is 45.4 Å². The molecule has 2 aliphatic rings. The second-order valence-corrected chi connectivity index (χ2v) is 5.01. The topological polar surface area (TPSA) is 29.1 Å². The van der Waals surface area contributed by atoms with Gasteiger partial charge in [0.2, 0.25) is 0 Å². The third-order valence-corrected chi connectivity index (χ3v) is 3.79. The van der Waals surface area contributed by atoms with Crippen LogP contribution in [0.15, 0.2) is 0 Å². The molecule has 1 N–H and O–H groups in total. The lowest BCUT2D eigenvalue weighted by Crippen LogP contribution is -2.46. The number of piperidine rings is 1. The Balaban J connectivity index is 1.94. The van der Waals surface area contributed by atoms with Gasteiger partial charge in [0.25, 0.3) is 0 Å². The summed E-state index contributed by atoms with van der Waals surface area (Å²) in [6, 6.07) is 0.492. The van der Waals surface area contributed by atoms with Crippen molar-refractivity contribution in [3.8, 4) is 0 Å². The van der Waals surface area contributed by atoms with Gasteiger partial charge in [-0.05, 0) is 38.1 Å². The number of Topliss-reactive ketones (excluding diaryl/α,β-unsaturated/α-hetero) is 1. The van der Waals surface area contributed by atoms with E-state index in [-0.39, 0.29) is 0 Å². The molecule has 2 nitrogen and oxygen atoms in total. The lowest BCUT2D eigenvalue weighted by Gasteiger charge is -2.35. The summed E-state index contributed by atoms with van der Waals surface area (Å²) < 4.78 is 0. The number of nitrogens with one attached hydrogen (secondary N) is 1. The van der Waals surface area contributed by atoms with Crippen molar-refractivity contribution in [3.05, 3.63) is 0 Å². The highest BCUT2D eigenvalue weighted by molar-refractivity contribution is 5.82. The Bertz CT molecular complexity index is 214. The van der Waals surface area contributed by atoms with E-state index in [9.17, 15) is 4.79 Å². The number of carbonyl (C=O) groups excluding carboxylic acids is 1. The van der Waals surface area contributed by atoms with E-state index in [1.54, 1.807) is 0 Å². The van der Waals surface area contributed by atoms with Gasteiger partial charge in [-0.15, -0.1) is 0 Å². The van der Waals surface area contributed by atoms with Crippen LogP contribution in [0.4, 0.5) is 0 Å². The molecule has 2 heteroatoms. The Morgan fingerprint density at radius 2 is 2.14 bits per heavy atom. The van der Waals surface area contributed by atoms with Crippen LogP contribution in [0.5, 0.6) is 0 Å². The molecule has 2 rings (SSSR count). The summed E-state index contributed by atoms with van der Waals surface area (Å²) in [6.45, 7) is 3.41. The maximum absolute atomic E-state index is 11.8. The third kappa shape index (κ3) is 2.17. The molecule has 0 aromatic heterocycles. The lowest BCUT2D eigenvalue weighted by atomic mass is 9.78. The molecule has 0 radical (unpaired) electrons. The summed E-state index contributed by atoms with van der Waals surface area (Å²) >= 11 is 0. The third-order valence-electron chi connectivity index (χ3n) is 3.79. The van der Waals surface area contributed by atoms with E-state index in [1.165, 1.54) is 19.3 Å². The Kier molecular flexibility index (Phi) is 3.22. The van der Waals surface area contributed by atoms with Crippen molar-refractivity contribution in [1.29, 1.82) is 0 Å². The molecular formula is C12H21NO. The van der Waals surface area contributed by atoms with E-state index >= 15 is 0 Å². The van der Waals surface area contributed by atoms with Crippen molar-refractivity contribution < 1.29 is 4.79 Å². The molecular weight excluding hydrogens is 174 g/mol. The van der Waals surface area contributed by atoms with Gasteiger partial charge in [0.1, 0.15) is 5.78 Å². The number of carbonyl (C=O) groups is 1. The molecule has 3 unspecified atom stereocenters. The van der Waals surface area contributed by atoms with E-state index in [4.69, 9.17) is 0 Å². The highest BCUT2D eigenvalue weighted by atomic mass is 16.1. The van der Waals surface area contributed by atoms with Gasteiger partial charge in [-0.2, -0.15) is 0 Å². The molecule has 0 bridgehead atoms. The van der Waals surface area contributed by atoms with Gasteiger partial charge in [-0.25, -0.2) is 0 Å². The molecule has 1 aliphatic heterocycles. The zero-order valence-electron chi connectivity index (χ0n) is 9.09. The molecule has 80 valence electrons. The van der Waals surface area contributed by atoms with E-state index in [2.05, 4.69) is 12.2 Å². The van der Waals surface area contributed by atoms with Crippen LogP contribution in [0.3, 0.4) is 0 Å². The Labute approximate surface area is 86.5 Å². The van der Waals surface area contributed by atoms with Crippen LogP contribution in [0.25, 0.3) is 0 Å².